The van der Waals surface area contributed by atoms with E-state index < -0.39 is 5.97 Å². The van der Waals surface area contributed by atoms with Crippen LogP contribution in [0, 0.1) is 0 Å². The van der Waals surface area contributed by atoms with E-state index in [0.717, 1.165) is 22.5 Å². The second-order valence-corrected chi connectivity index (χ2v) is 14.2. The summed E-state index contributed by atoms with van der Waals surface area (Å²) in [5, 5.41) is 0. The van der Waals surface area contributed by atoms with Gasteiger partial charge in [0.2, 0.25) is 0 Å². The normalized spacial score (nSPS) is 9.86. The molecular formula is C54H62N2O16. The number of ether oxygens (including phenoxy) is 12. The van der Waals surface area contributed by atoms with Crippen molar-refractivity contribution in [1.29, 1.82) is 0 Å². The number of rotatable bonds is 19. The molecule has 0 bridgehead atoms. The van der Waals surface area contributed by atoms with Crippen molar-refractivity contribution in [2.45, 2.75) is 13.8 Å². The first kappa shape index (κ1) is 57.5. The van der Waals surface area contributed by atoms with Crippen LogP contribution in [0.15, 0.2) is 97.1 Å². The molecule has 1 amide bonds. The third-order valence-electron chi connectivity index (χ3n) is 10.7. The Bertz CT molecular complexity index is 2760. The predicted octanol–water partition coefficient (Wildman–Crippen LogP) is 10.2. The molecule has 0 unspecified atom stereocenters. The molecule has 0 aliphatic heterocycles. The Morgan fingerprint density at radius 2 is 0.792 bits per heavy atom. The van der Waals surface area contributed by atoms with Crippen molar-refractivity contribution < 1.29 is 76.0 Å². The molecule has 0 radical (unpaired) electrons. The first-order valence-corrected chi connectivity index (χ1v) is 21.7. The largest absolute Gasteiger partial charge is 0.496 e. The summed E-state index contributed by atoms with van der Waals surface area (Å²) in [6, 6.07) is 27.8. The molecule has 0 heterocycles. The van der Waals surface area contributed by atoms with Gasteiger partial charge in [0.15, 0.2) is 57.5 Å². The first-order valence-electron chi connectivity index (χ1n) is 21.7. The number of amides is 1. The van der Waals surface area contributed by atoms with Gasteiger partial charge in [0.1, 0.15) is 36.4 Å². The number of benzene rings is 6. The van der Waals surface area contributed by atoms with Crippen LogP contribution in [0.1, 0.15) is 34.6 Å². The van der Waals surface area contributed by atoms with Crippen LogP contribution in [0.4, 0.5) is 17.1 Å². The monoisotopic (exact) mass is 994 g/mol. The Balaban J connectivity index is 0.00000220. The molecule has 0 saturated heterocycles. The summed E-state index contributed by atoms with van der Waals surface area (Å²) in [5.74, 6) is 3.89. The predicted molar refractivity (Wildman–Crippen MR) is 275 cm³/mol. The van der Waals surface area contributed by atoms with Gasteiger partial charge in [-0.2, -0.15) is 0 Å². The zero-order valence-corrected chi connectivity index (χ0v) is 43.1. The van der Waals surface area contributed by atoms with Crippen molar-refractivity contribution in [2.75, 3.05) is 95.0 Å². The molecule has 18 nitrogen and oxygen atoms in total. The highest BCUT2D eigenvalue weighted by molar-refractivity contribution is 6.07. The zero-order chi connectivity index (χ0) is 53.7. The number of hydrogen-bond donors (Lipinski definition) is 0. The maximum atomic E-state index is 13.9. The smallest absolute Gasteiger partial charge is 0.347 e. The molecule has 6 aromatic carbocycles. The SMILES string of the molecule is C=O.C=O.CC.COc1cc(OC)c(Oc2ccc(N(C)c3ccc(-c4ccc(N(C)C(=O)c5ccc(OC(=O)c6cc(OC)c(OC)cc6OC)c(OC)c5)c(OC)c4)cc3OC)cc2OC)cc1OC. The molecule has 0 fully saturated rings. The number of carbonyl (C=O) groups excluding carboxylic acids is 4. The van der Waals surface area contributed by atoms with E-state index in [9.17, 15) is 9.59 Å². The van der Waals surface area contributed by atoms with Gasteiger partial charge in [0, 0.05) is 55.7 Å². The van der Waals surface area contributed by atoms with Crippen LogP contribution in [0.3, 0.4) is 0 Å². The van der Waals surface area contributed by atoms with Crippen LogP contribution in [0.5, 0.6) is 74.7 Å². The highest BCUT2D eigenvalue weighted by Crippen LogP contribution is 2.46. The van der Waals surface area contributed by atoms with E-state index in [-0.39, 0.29) is 34.3 Å². The molecule has 0 aromatic heterocycles. The molecule has 0 aliphatic rings. The number of anilines is 3. The van der Waals surface area contributed by atoms with Gasteiger partial charge in [-0.25, -0.2) is 4.79 Å². The van der Waals surface area contributed by atoms with Gasteiger partial charge in [0.25, 0.3) is 5.91 Å². The second-order valence-electron chi connectivity index (χ2n) is 14.2. The van der Waals surface area contributed by atoms with Gasteiger partial charge in [-0.05, 0) is 65.7 Å². The lowest BCUT2D eigenvalue weighted by Gasteiger charge is -2.24. The summed E-state index contributed by atoms with van der Waals surface area (Å²) in [6.07, 6.45) is 0. The fraction of sp³-hybridized carbons (Fsp3) is 0.259. The van der Waals surface area contributed by atoms with Crippen molar-refractivity contribution in [2.24, 2.45) is 0 Å². The van der Waals surface area contributed by atoms with Gasteiger partial charge in [-0.1, -0.05) is 26.0 Å². The van der Waals surface area contributed by atoms with Gasteiger partial charge >= 0.3 is 5.97 Å². The number of nitrogens with zero attached hydrogens (tertiary/aromatic N) is 2. The van der Waals surface area contributed by atoms with E-state index in [1.807, 2.05) is 81.8 Å². The molecule has 0 saturated carbocycles. The van der Waals surface area contributed by atoms with E-state index in [1.165, 1.54) is 70.8 Å². The van der Waals surface area contributed by atoms with Crippen LogP contribution in [0.2, 0.25) is 0 Å². The number of carbonyl (C=O) groups is 4. The number of esters is 1. The third-order valence-corrected chi connectivity index (χ3v) is 10.7. The Kier molecular flexibility index (Phi) is 22.4. The van der Waals surface area contributed by atoms with Crippen molar-refractivity contribution in [1.82, 2.24) is 0 Å². The molecule has 0 atom stereocenters. The second kappa shape index (κ2) is 28.0. The maximum Gasteiger partial charge on any atom is 0.347 e. The highest BCUT2D eigenvalue weighted by Gasteiger charge is 2.25. The summed E-state index contributed by atoms with van der Waals surface area (Å²) in [7, 11) is 18.7. The lowest BCUT2D eigenvalue weighted by molar-refractivity contribution is -0.0987. The van der Waals surface area contributed by atoms with Crippen LogP contribution in [0.25, 0.3) is 11.1 Å². The lowest BCUT2D eigenvalue weighted by atomic mass is 10.0. The van der Waals surface area contributed by atoms with Gasteiger partial charge in [-0.15, -0.1) is 0 Å². The Morgan fingerprint density at radius 3 is 1.31 bits per heavy atom. The minimum absolute atomic E-state index is 0.0872. The average molecular weight is 995 g/mol. The molecule has 0 N–H and O–H groups in total. The van der Waals surface area contributed by atoms with Gasteiger partial charge in [0.05, 0.1) is 82.5 Å². The lowest BCUT2D eigenvalue weighted by Crippen LogP contribution is -2.26. The third kappa shape index (κ3) is 12.9. The number of methoxy groups -OCH3 is 10. The van der Waals surface area contributed by atoms with Crippen LogP contribution < -0.4 is 66.6 Å². The fourth-order valence-electron chi connectivity index (χ4n) is 7.09. The molecule has 384 valence electrons. The first-order chi connectivity index (χ1) is 34.9. The summed E-state index contributed by atoms with van der Waals surface area (Å²) in [5.41, 5.74) is 4.11. The van der Waals surface area contributed by atoms with Crippen LogP contribution in [-0.4, -0.2) is 111 Å². The van der Waals surface area contributed by atoms with Gasteiger partial charge < -0.3 is 76.2 Å². The molecule has 6 rings (SSSR count). The van der Waals surface area contributed by atoms with E-state index in [4.69, 9.17) is 66.4 Å². The van der Waals surface area contributed by atoms with E-state index in [2.05, 4.69) is 0 Å². The molecule has 0 aliphatic carbocycles. The van der Waals surface area contributed by atoms with E-state index >= 15 is 0 Å². The van der Waals surface area contributed by atoms with Crippen molar-refractivity contribution >= 4 is 42.5 Å². The zero-order valence-electron chi connectivity index (χ0n) is 43.1. The highest BCUT2D eigenvalue weighted by atomic mass is 16.6. The summed E-state index contributed by atoms with van der Waals surface area (Å²) >= 11 is 0. The standard InChI is InChI=1S/C50H52N2O14.C2H6.2CH2O/c1-51(32-16-20-36(42(24-32)59-7)65-48-28-46(63-11)45(62-10)27-47(48)64-12)34-17-13-29(21-39(34)56-4)30-14-18-35(40(22-30)57-5)52(2)49(53)31-15-19-37(41(23-31)58-6)66-50(54)33-25-43(60-8)44(61-9)26-38(33)55-3;3*1-2/h13-28H,1-12H3;1-2H3;2*1H2. The minimum atomic E-state index is -0.738. The van der Waals surface area contributed by atoms with Crippen molar-refractivity contribution in [3.8, 4) is 85.9 Å². The maximum absolute atomic E-state index is 13.9. The molecular weight excluding hydrogens is 933 g/mol. The molecule has 0 spiro atoms. The van der Waals surface area contributed by atoms with Gasteiger partial charge in [-0.3, -0.25) is 4.79 Å². The van der Waals surface area contributed by atoms with Crippen LogP contribution in [-0.2, 0) is 9.59 Å². The minimum Gasteiger partial charge on any atom is -0.496 e. The summed E-state index contributed by atoms with van der Waals surface area (Å²) in [4.78, 5) is 46.7. The molecule has 18 heteroatoms. The van der Waals surface area contributed by atoms with Crippen molar-refractivity contribution in [3.63, 3.8) is 0 Å². The Morgan fingerprint density at radius 1 is 0.389 bits per heavy atom. The molecule has 72 heavy (non-hydrogen) atoms. The summed E-state index contributed by atoms with van der Waals surface area (Å²) in [6.45, 7) is 8.00. The van der Waals surface area contributed by atoms with Crippen LogP contribution >= 0.6 is 0 Å². The van der Waals surface area contributed by atoms with E-state index in [1.54, 1.807) is 66.9 Å². The van der Waals surface area contributed by atoms with E-state index in [0.29, 0.717) is 63.2 Å². The Labute approximate surface area is 420 Å². The Hall–Kier alpha value is -8.80. The summed E-state index contributed by atoms with van der Waals surface area (Å²) < 4.78 is 67.5. The fourth-order valence-corrected chi connectivity index (χ4v) is 7.09. The topological polar surface area (TPSA) is 186 Å². The van der Waals surface area contributed by atoms with Crippen molar-refractivity contribution in [3.05, 3.63) is 108 Å². The quantitative estimate of drug-likeness (QED) is 0.0551. The number of hydrogen-bond acceptors (Lipinski definition) is 17. The molecule has 6 aromatic rings. The average Bonchev–Trinajstić information content (AvgIpc) is 3.45.